The van der Waals surface area contributed by atoms with Crippen molar-refractivity contribution >= 4 is 5.97 Å². The van der Waals surface area contributed by atoms with Crippen molar-refractivity contribution in [1.29, 1.82) is 0 Å². The van der Waals surface area contributed by atoms with E-state index in [1.54, 1.807) is 0 Å². The molecule has 3 N–H and O–H groups in total. The van der Waals surface area contributed by atoms with Crippen LogP contribution in [0.5, 0.6) is 0 Å². The van der Waals surface area contributed by atoms with Crippen molar-refractivity contribution in [3.63, 3.8) is 0 Å². The lowest BCUT2D eigenvalue weighted by Gasteiger charge is -2.26. The zero-order chi connectivity index (χ0) is 15.3. The second-order valence-corrected chi connectivity index (χ2v) is 4.80. The van der Waals surface area contributed by atoms with Crippen molar-refractivity contribution in [1.82, 2.24) is 5.32 Å². The number of hydrogen-bond donors (Lipinski definition) is 3. The van der Waals surface area contributed by atoms with Crippen LogP contribution in [0.15, 0.2) is 18.2 Å². The van der Waals surface area contributed by atoms with E-state index in [1.165, 1.54) is 6.07 Å². The van der Waals surface area contributed by atoms with E-state index in [0.717, 1.165) is 18.6 Å². The molecule has 20 heavy (non-hydrogen) atoms. The fraction of sp³-hybridized carbons (Fsp3) is 0.500. The molecule has 0 heterocycles. The highest BCUT2D eigenvalue weighted by Gasteiger charge is 2.25. The van der Waals surface area contributed by atoms with Gasteiger partial charge in [0.05, 0.1) is 12.5 Å². The number of aliphatic hydroxyl groups is 1. The molecule has 0 bridgehead atoms. The van der Waals surface area contributed by atoms with E-state index >= 15 is 0 Å². The molecule has 0 saturated heterocycles. The quantitative estimate of drug-likeness (QED) is 0.719. The number of carboxylic acids is 1. The second-order valence-electron chi connectivity index (χ2n) is 4.80. The topological polar surface area (TPSA) is 69.6 Å². The Labute approximate surface area is 116 Å². The first kappa shape index (κ1) is 16.5. The molecule has 1 aromatic rings. The normalized spacial score (nSPS) is 15.7. The number of carbonyl (C=O) groups is 1. The molecule has 0 radical (unpaired) electrons. The maximum atomic E-state index is 13.2. The minimum absolute atomic E-state index is 0.000653. The molecule has 1 rings (SSSR count). The average Bonchev–Trinajstić information content (AvgIpc) is 2.39. The van der Waals surface area contributed by atoms with Crippen LogP contribution >= 0.6 is 0 Å². The van der Waals surface area contributed by atoms with Gasteiger partial charge in [0.2, 0.25) is 0 Å². The summed E-state index contributed by atoms with van der Waals surface area (Å²) in [7, 11) is 0. The van der Waals surface area contributed by atoms with Gasteiger partial charge < -0.3 is 15.5 Å². The monoisotopic (exact) mass is 287 g/mol. The minimum Gasteiger partial charge on any atom is -0.481 e. The van der Waals surface area contributed by atoms with Gasteiger partial charge in [-0.2, -0.15) is 0 Å². The second kappa shape index (κ2) is 7.31. The van der Waals surface area contributed by atoms with Crippen LogP contribution < -0.4 is 5.32 Å². The van der Waals surface area contributed by atoms with Crippen molar-refractivity contribution in [3.05, 3.63) is 35.4 Å². The van der Waals surface area contributed by atoms with E-state index in [0.29, 0.717) is 0 Å². The molecule has 0 amide bonds. The number of carboxylic acid groups (broad SMARTS) is 1. The summed E-state index contributed by atoms with van der Waals surface area (Å²) in [5.41, 5.74) is 0.144. The van der Waals surface area contributed by atoms with E-state index in [4.69, 9.17) is 5.11 Å². The molecule has 0 fully saturated rings. The third-order valence-corrected chi connectivity index (χ3v) is 3.17. The predicted molar refractivity (Wildman–Crippen MR) is 70.2 cm³/mol. The van der Waals surface area contributed by atoms with Crippen LogP contribution in [-0.4, -0.2) is 28.3 Å². The summed E-state index contributed by atoms with van der Waals surface area (Å²) in [6, 6.07) is 2.27. The Hall–Kier alpha value is -1.53. The third kappa shape index (κ3) is 4.54. The van der Waals surface area contributed by atoms with E-state index in [-0.39, 0.29) is 18.0 Å². The Kier molecular flexibility index (Phi) is 6.04. The summed E-state index contributed by atoms with van der Waals surface area (Å²) < 4.78 is 26.0. The first-order valence-corrected chi connectivity index (χ1v) is 6.46. The van der Waals surface area contributed by atoms with Gasteiger partial charge in [0, 0.05) is 12.1 Å². The zero-order valence-electron chi connectivity index (χ0n) is 11.4. The molecule has 0 aliphatic carbocycles. The van der Waals surface area contributed by atoms with Gasteiger partial charge in [-0.1, -0.05) is 13.0 Å². The highest BCUT2D eigenvalue weighted by Crippen LogP contribution is 2.21. The van der Waals surface area contributed by atoms with Crippen LogP contribution in [-0.2, 0) is 4.79 Å². The van der Waals surface area contributed by atoms with Gasteiger partial charge in [-0.05, 0) is 31.0 Å². The van der Waals surface area contributed by atoms with Crippen molar-refractivity contribution in [2.45, 2.75) is 44.9 Å². The van der Waals surface area contributed by atoms with Crippen LogP contribution in [0.25, 0.3) is 0 Å². The van der Waals surface area contributed by atoms with Gasteiger partial charge >= 0.3 is 5.97 Å². The Balaban J connectivity index is 2.92. The van der Waals surface area contributed by atoms with Gasteiger partial charge in [0.15, 0.2) is 11.6 Å². The van der Waals surface area contributed by atoms with Crippen LogP contribution in [0.4, 0.5) is 8.78 Å². The van der Waals surface area contributed by atoms with Gasteiger partial charge in [-0.15, -0.1) is 0 Å². The summed E-state index contributed by atoms with van der Waals surface area (Å²) in [5.74, 6) is -3.16. The maximum absolute atomic E-state index is 13.2. The largest absolute Gasteiger partial charge is 0.481 e. The number of hydrogen-bond acceptors (Lipinski definition) is 3. The molecular formula is C14H19F2NO3. The lowest BCUT2D eigenvalue weighted by molar-refractivity contribution is -0.138. The van der Waals surface area contributed by atoms with Crippen LogP contribution in [0.1, 0.15) is 38.4 Å². The molecule has 112 valence electrons. The fourth-order valence-electron chi connectivity index (χ4n) is 1.86. The maximum Gasteiger partial charge on any atom is 0.305 e. The SMILES string of the molecule is CCC(C)NC(CC(=O)O)C(O)c1ccc(F)c(F)c1. The number of benzene rings is 1. The first-order chi connectivity index (χ1) is 9.35. The molecule has 3 unspecified atom stereocenters. The fourth-order valence-corrected chi connectivity index (χ4v) is 1.86. The third-order valence-electron chi connectivity index (χ3n) is 3.17. The lowest BCUT2D eigenvalue weighted by Crippen LogP contribution is -2.41. The Morgan fingerprint density at radius 3 is 2.50 bits per heavy atom. The molecule has 0 spiro atoms. The van der Waals surface area contributed by atoms with Crippen molar-refractivity contribution in [2.24, 2.45) is 0 Å². The van der Waals surface area contributed by atoms with Crippen molar-refractivity contribution in [3.8, 4) is 0 Å². The highest BCUT2D eigenvalue weighted by atomic mass is 19.2. The van der Waals surface area contributed by atoms with E-state index in [1.807, 2.05) is 13.8 Å². The van der Waals surface area contributed by atoms with Gasteiger partial charge in [0.1, 0.15) is 0 Å². The molecule has 6 heteroatoms. The predicted octanol–water partition coefficient (Wildman–Crippen LogP) is 2.23. The Morgan fingerprint density at radius 2 is 2.00 bits per heavy atom. The minimum atomic E-state index is -1.23. The standard InChI is InChI=1S/C14H19F2NO3/c1-3-8(2)17-12(7-13(18)19)14(20)9-4-5-10(15)11(16)6-9/h4-6,8,12,14,17,20H,3,7H2,1-2H3,(H,18,19). The molecule has 4 nitrogen and oxygen atoms in total. The molecule has 0 aliphatic rings. The van der Waals surface area contributed by atoms with E-state index < -0.39 is 29.7 Å². The molecule has 3 atom stereocenters. The number of rotatable bonds is 7. The van der Waals surface area contributed by atoms with Crippen molar-refractivity contribution in [2.75, 3.05) is 0 Å². The van der Waals surface area contributed by atoms with Gasteiger partial charge in [-0.3, -0.25) is 4.79 Å². The van der Waals surface area contributed by atoms with Crippen LogP contribution in [0.3, 0.4) is 0 Å². The first-order valence-electron chi connectivity index (χ1n) is 6.46. The molecule has 0 saturated carbocycles. The summed E-state index contributed by atoms with van der Waals surface area (Å²) in [6.07, 6.45) is -0.791. The lowest BCUT2D eigenvalue weighted by atomic mass is 9.98. The van der Waals surface area contributed by atoms with Crippen LogP contribution in [0, 0.1) is 11.6 Å². The van der Waals surface area contributed by atoms with Gasteiger partial charge in [-0.25, -0.2) is 8.78 Å². The number of aliphatic hydroxyl groups excluding tert-OH is 1. The van der Waals surface area contributed by atoms with E-state index in [9.17, 15) is 18.7 Å². The summed E-state index contributed by atoms with van der Waals surface area (Å²) >= 11 is 0. The molecule has 0 aromatic heterocycles. The van der Waals surface area contributed by atoms with E-state index in [2.05, 4.69) is 5.32 Å². The molecule has 0 aliphatic heterocycles. The smallest absolute Gasteiger partial charge is 0.305 e. The summed E-state index contributed by atoms with van der Waals surface area (Å²) in [5, 5.41) is 22.0. The van der Waals surface area contributed by atoms with Gasteiger partial charge in [0.25, 0.3) is 0 Å². The Bertz CT molecular complexity index is 468. The summed E-state index contributed by atoms with van der Waals surface area (Å²) in [6.45, 7) is 3.77. The molecular weight excluding hydrogens is 268 g/mol. The number of nitrogens with one attached hydrogen (secondary N) is 1. The van der Waals surface area contributed by atoms with Crippen molar-refractivity contribution < 1.29 is 23.8 Å². The highest BCUT2D eigenvalue weighted by molar-refractivity contribution is 5.67. The Morgan fingerprint density at radius 1 is 1.35 bits per heavy atom. The zero-order valence-corrected chi connectivity index (χ0v) is 11.4. The van der Waals surface area contributed by atoms with Crippen LogP contribution in [0.2, 0.25) is 0 Å². The number of aliphatic carboxylic acids is 1. The number of halogens is 2. The summed E-state index contributed by atoms with van der Waals surface area (Å²) in [4.78, 5) is 10.9. The molecule has 1 aromatic carbocycles. The average molecular weight is 287 g/mol.